The Balaban J connectivity index is 0.00000264. The molecule has 1 heterocycles. The summed E-state index contributed by atoms with van der Waals surface area (Å²) in [7, 11) is 1.96. The molecule has 1 fully saturated rings. The van der Waals surface area contributed by atoms with Crippen LogP contribution >= 0.6 is 12.4 Å². The van der Waals surface area contributed by atoms with Crippen LogP contribution in [0.4, 0.5) is 0 Å². The quantitative estimate of drug-likeness (QED) is 0.852. The van der Waals surface area contributed by atoms with Gasteiger partial charge in [-0.2, -0.15) is 0 Å². The second kappa shape index (κ2) is 9.29. The molecule has 1 N–H and O–H groups in total. The summed E-state index contributed by atoms with van der Waals surface area (Å²) in [5, 5.41) is 3.20. The summed E-state index contributed by atoms with van der Waals surface area (Å²) >= 11 is 0. The smallest absolute Gasteiger partial charge is 0.223 e. The van der Waals surface area contributed by atoms with Crippen molar-refractivity contribution in [1.82, 2.24) is 10.2 Å². The summed E-state index contributed by atoms with van der Waals surface area (Å²) in [5.41, 5.74) is 2.62. The van der Waals surface area contributed by atoms with Crippen molar-refractivity contribution in [1.29, 1.82) is 0 Å². The molecule has 2 atom stereocenters. The highest BCUT2D eigenvalue weighted by Gasteiger charge is 2.28. The van der Waals surface area contributed by atoms with Crippen LogP contribution in [0.3, 0.4) is 0 Å². The Bertz CT molecular complexity index is 487. The number of nitrogens with one attached hydrogen (secondary N) is 1. The molecule has 0 spiro atoms. The van der Waals surface area contributed by atoms with Gasteiger partial charge in [0.15, 0.2) is 0 Å². The molecule has 1 saturated heterocycles. The number of rotatable bonds is 6. The van der Waals surface area contributed by atoms with E-state index in [1.54, 1.807) is 0 Å². The van der Waals surface area contributed by atoms with Gasteiger partial charge in [-0.05, 0) is 42.9 Å². The Morgan fingerprint density at radius 2 is 1.83 bits per heavy atom. The first-order valence-electron chi connectivity index (χ1n) is 8.56. The van der Waals surface area contributed by atoms with Gasteiger partial charge < -0.3 is 10.2 Å². The van der Waals surface area contributed by atoms with Crippen LogP contribution in [0.25, 0.3) is 0 Å². The monoisotopic (exact) mass is 338 g/mol. The van der Waals surface area contributed by atoms with Crippen molar-refractivity contribution in [3.8, 4) is 0 Å². The fraction of sp³-hybridized carbons (Fsp3) is 0.632. The van der Waals surface area contributed by atoms with E-state index < -0.39 is 0 Å². The number of likely N-dealkylation sites (N-methyl/N-ethyl adjacent to an activating group) is 1. The zero-order valence-corrected chi connectivity index (χ0v) is 15.7. The molecule has 23 heavy (non-hydrogen) atoms. The maximum atomic E-state index is 12.6. The minimum absolute atomic E-state index is 0. The van der Waals surface area contributed by atoms with Crippen molar-refractivity contribution in [2.75, 3.05) is 20.1 Å². The lowest BCUT2D eigenvalue weighted by Crippen LogP contribution is -2.41. The van der Waals surface area contributed by atoms with Crippen LogP contribution in [0.15, 0.2) is 24.3 Å². The van der Waals surface area contributed by atoms with E-state index in [-0.39, 0.29) is 18.3 Å². The van der Waals surface area contributed by atoms with Crippen LogP contribution in [0.2, 0.25) is 0 Å². The van der Waals surface area contributed by atoms with Crippen molar-refractivity contribution in [2.45, 2.75) is 57.9 Å². The average molecular weight is 339 g/mol. The molecule has 0 radical (unpaired) electrons. The summed E-state index contributed by atoms with van der Waals surface area (Å²) in [6, 6.07) is 9.14. The third-order valence-corrected chi connectivity index (χ3v) is 4.79. The van der Waals surface area contributed by atoms with Gasteiger partial charge in [-0.3, -0.25) is 4.79 Å². The van der Waals surface area contributed by atoms with E-state index in [0.29, 0.717) is 24.3 Å². The van der Waals surface area contributed by atoms with Gasteiger partial charge in [0, 0.05) is 25.6 Å². The van der Waals surface area contributed by atoms with E-state index in [2.05, 4.69) is 55.3 Å². The van der Waals surface area contributed by atoms with Crippen LogP contribution < -0.4 is 5.32 Å². The molecular weight excluding hydrogens is 308 g/mol. The highest BCUT2D eigenvalue weighted by Crippen LogP contribution is 2.25. The number of nitrogens with zero attached hydrogens (tertiary/aromatic N) is 1. The Hall–Kier alpha value is -1.06. The normalized spacial score (nSPS) is 18.8. The van der Waals surface area contributed by atoms with Crippen molar-refractivity contribution >= 4 is 18.3 Å². The summed E-state index contributed by atoms with van der Waals surface area (Å²) in [4.78, 5) is 14.7. The highest BCUT2D eigenvalue weighted by atomic mass is 35.5. The predicted molar refractivity (Wildman–Crippen MR) is 99.5 cm³/mol. The highest BCUT2D eigenvalue weighted by molar-refractivity contribution is 5.85. The second-order valence-corrected chi connectivity index (χ2v) is 6.87. The van der Waals surface area contributed by atoms with Crippen LogP contribution in [-0.2, 0) is 4.79 Å². The molecule has 1 aliphatic rings. The summed E-state index contributed by atoms with van der Waals surface area (Å²) < 4.78 is 0. The van der Waals surface area contributed by atoms with Gasteiger partial charge in [-0.25, -0.2) is 0 Å². The minimum atomic E-state index is 0. The van der Waals surface area contributed by atoms with E-state index in [1.807, 2.05) is 7.05 Å². The zero-order valence-electron chi connectivity index (χ0n) is 14.8. The van der Waals surface area contributed by atoms with Crippen molar-refractivity contribution in [3.63, 3.8) is 0 Å². The van der Waals surface area contributed by atoms with Crippen LogP contribution in [-0.4, -0.2) is 37.0 Å². The molecule has 1 aliphatic heterocycles. The Labute approximate surface area is 147 Å². The number of halogens is 1. The molecule has 0 aliphatic carbocycles. The number of carbonyl (C=O) groups is 1. The van der Waals surface area contributed by atoms with E-state index in [4.69, 9.17) is 0 Å². The maximum absolute atomic E-state index is 12.6. The van der Waals surface area contributed by atoms with Gasteiger partial charge in [0.25, 0.3) is 0 Å². The van der Waals surface area contributed by atoms with Crippen molar-refractivity contribution < 1.29 is 4.79 Å². The molecule has 0 aromatic heterocycles. The first kappa shape index (κ1) is 20.0. The molecule has 0 saturated carbocycles. The number of hydrogen-bond acceptors (Lipinski definition) is 2. The molecule has 3 nitrogen and oxygen atoms in total. The standard InChI is InChI=1S/C19H30N2O.ClH/c1-14(2)16-7-9-17(10-8-16)15(3)12-19(22)21-11-5-6-18(21)13-20-4;/h7-10,14-15,18,20H,5-6,11-13H2,1-4H3;1H. The van der Waals surface area contributed by atoms with E-state index in [0.717, 1.165) is 25.9 Å². The van der Waals surface area contributed by atoms with Gasteiger partial charge in [0.05, 0.1) is 0 Å². The molecule has 1 amide bonds. The summed E-state index contributed by atoms with van der Waals surface area (Å²) in [5.74, 6) is 1.14. The Kier molecular flexibility index (Phi) is 8.07. The van der Waals surface area contributed by atoms with Crippen LogP contribution in [0.5, 0.6) is 0 Å². The third kappa shape index (κ3) is 5.22. The number of amides is 1. The lowest BCUT2D eigenvalue weighted by Gasteiger charge is -2.26. The second-order valence-electron chi connectivity index (χ2n) is 6.87. The number of hydrogen-bond donors (Lipinski definition) is 1. The molecule has 2 unspecified atom stereocenters. The fourth-order valence-electron chi connectivity index (χ4n) is 3.32. The number of benzene rings is 1. The molecule has 2 rings (SSSR count). The van der Waals surface area contributed by atoms with Crippen LogP contribution in [0, 0.1) is 0 Å². The number of carbonyl (C=O) groups excluding carboxylic acids is 1. The maximum Gasteiger partial charge on any atom is 0.223 e. The summed E-state index contributed by atoms with van der Waals surface area (Å²) in [6.07, 6.45) is 2.88. The molecular formula is C19H31ClN2O. The van der Waals surface area contributed by atoms with E-state index in [9.17, 15) is 4.79 Å². The molecule has 1 aromatic carbocycles. The molecule has 130 valence electrons. The van der Waals surface area contributed by atoms with Crippen molar-refractivity contribution in [2.24, 2.45) is 0 Å². The van der Waals surface area contributed by atoms with Crippen LogP contribution in [0.1, 0.15) is 63.0 Å². The lowest BCUT2D eigenvalue weighted by atomic mass is 9.94. The molecule has 1 aromatic rings. The van der Waals surface area contributed by atoms with Gasteiger partial charge in [-0.1, -0.05) is 45.0 Å². The van der Waals surface area contributed by atoms with Crippen molar-refractivity contribution in [3.05, 3.63) is 35.4 Å². The average Bonchev–Trinajstić information content (AvgIpc) is 2.96. The number of likely N-dealkylation sites (tertiary alicyclic amines) is 1. The first-order valence-corrected chi connectivity index (χ1v) is 8.56. The first-order chi connectivity index (χ1) is 10.5. The summed E-state index contributed by atoms with van der Waals surface area (Å²) in [6.45, 7) is 8.40. The van der Waals surface area contributed by atoms with E-state index in [1.165, 1.54) is 11.1 Å². The topological polar surface area (TPSA) is 32.3 Å². The Morgan fingerprint density at radius 1 is 1.22 bits per heavy atom. The largest absolute Gasteiger partial charge is 0.338 e. The molecule has 4 heteroatoms. The minimum Gasteiger partial charge on any atom is -0.338 e. The Morgan fingerprint density at radius 3 is 2.39 bits per heavy atom. The fourth-order valence-corrected chi connectivity index (χ4v) is 3.32. The van der Waals surface area contributed by atoms with Gasteiger partial charge in [-0.15, -0.1) is 12.4 Å². The zero-order chi connectivity index (χ0) is 16.1. The lowest BCUT2D eigenvalue weighted by molar-refractivity contribution is -0.132. The third-order valence-electron chi connectivity index (χ3n) is 4.79. The SMILES string of the molecule is CNCC1CCCN1C(=O)CC(C)c1ccc(C(C)C)cc1.Cl. The van der Waals surface area contributed by atoms with Gasteiger partial charge >= 0.3 is 0 Å². The molecule has 0 bridgehead atoms. The van der Waals surface area contributed by atoms with Gasteiger partial charge in [0.2, 0.25) is 5.91 Å². The predicted octanol–water partition coefficient (Wildman–Crippen LogP) is 3.94. The van der Waals surface area contributed by atoms with Gasteiger partial charge in [0.1, 0.15) is 0 Å². The van der Waals surface area contributed by atoms with E-state index >= 15 is 0 Å².